The number of carbonyl (C=O) groups excluding carboxylic acids is 1. The van der Waals surface area contributed by atoms with E-state index in [0.29, 0.717) is 39.4 Å². The number of carbonyl (C=O) groups is 1. The van der Waals surface area contributed by atoms with Gasteiger partial charge in [-0.15, -0.1) is 5.10 Å². The molecule has 2 aromatic heterocycles. The van der Waals surface area contributed by atoms with E-state index in [1.807, 2.05) is 43.3 Å². The molecular weight excluding hydrogens is 580 g/mol. The number of nitrogen functional groups attached to an aromatic ring is 1. The van der Waals surface area contributed by atoms with Gasteiger partial charge in [0, 0.05) is 5.56 Å². The largest absolute Gasteiger partial charge is 0.493 e. The number of hydrazone groups is 1. The van der Waals surface area contributed by atoms with Gasteiger partial charge in [0.05, 0.1) is 17.8 Å². The molecule has 40 heavy (non-hydrogen) atoms. The van der Waals surface area contributed by atoms with Crippen LogP contribution >= 0.6 is 15.9 Å². The number of aryl methyl sites for hydroxylation is 1. The second-order valence-electron chi connectivity index (χ2n) is 8.55. The molecule has 5 rings (SSSR count). The van der Waals surface area contributed by atoms with Crippen molar-refractivity contribution in [2.75, 3.05) is 12.8 Å². The van der Waals surface area contributed by atoms with Crippen molar-refractivity contribution in [3.05, 3.63) is 93.6 Å². The first-order chi connectivity index (χ1) is 19.4. The van der Waals surface area contributed by atoms with E-state index in [2.05, 4.69) is 53.1 Å². The zero-order valence-electron chi connectivity index (χ0n) is 21.4. The first kappa shape index (κ1) is 26.6. The maximum Gasteiger partial charge on any atom is 0.294 e. The summed E-state index contributed by atoms with van der Waals surface area (Å²) in [5.74, 6) is 0.563. The maximum absolute atomic E-state index is 13.1. The number of amides is 1. The Balaban J connectivity index is 1.35. The fourth-order valence-electron chi connectivity index (χ4n) is 3.91. The van der Waals surface area contributed by atoms with E-state index in [1.165, 1.54) is 10.9 Å². The molecular formula is C27H23BrN8O4. The van der Waals surface area contributed by atoms with E-state index >= 15 is 0 Å². The number of benzene rings is 3. The average molecular weight is 603 g/mol. The molecule has 0 saturated heterocycles. The van der Waals surface area contributed by atoms with Crippen LogP contribution in [0.2, 0.25) is 0 Å². The molecule has 0 radical (unpaired) electrons. The van der Waals surface area contributed by atoms with Crippen LogP contribution in [0.4, 0.5) is 5.82 Å². The van der Waals surface area contributed by atoms with Gasteiger partial charge in [-0.2, -0.15) is 9.78 Å². The number of methoxy groups -OCH3 is 1. The fraction of sp³-hybridized carbons (Fsp3) is 0.111. The highest BCUT2D eigenvalue weighted by Gasteiger charge is 2.25. The summed E-state index contributed by atoms with van der Waals surface area (Å²) in [6, 6.07) is 20.7. The number of aromatic nitrogens is 5. The molecule has 2 heterocycles. The lowest BCUT2D eigenvalue weighted by molar-refractivity contribution is 0.0950. The summed E-state index contributed by atoms with van der Waals surface area (Å²) in [7, 11) is 1.55. The second-order valence-corrected chi connectivity index (χ2v) is 9.40. The van der Waals surface area contributed by atoms with Gasteiger partial charge < -0.3 is 15.2 Å². The number of nitrogens with one attached hydrogen (secondary N) is 1. The van der Waals surface area contributed by atoms with Gasteiger partial charge >= 0.3 is 0 Å². The van der Waals surface area contributed by atoms with Gasteiger partial charge in [-0.25, -0.2) is 10.1 Å². The van der Waals surface area contributed by atoms with Crippen molar-refractivity contribution in [1.29, 1.82) is 0 Å². The van der Waals surface area contributed by atoms with Gasteiger partial charge in [-0.05, 0) is 56.4 Å². The summed E-state index contributed by atoms with van der Waals surface area (Å²) >= 11 is 3.54. The van der Waals surface area contributed by atoms with E-state index in [-0.39, 0.29) is 17.3 Å². The molecule has 0 atom stereocenters. The summed E-state index contributed by atoms with van der Waals surface area (Å²) in [6.45, 7) is 2.40. The number of hydrogen-bond donors (Lipinski definition) is 2. The third-order valence-corrected chi connectivity index (χ3v) is 6.31. The zero-order chi connectivity index (χ0) is 28.1. The Hall–Kier alpha value is -5.04. The lowest BCUT2D eigenvalue weighted by atomic mass is 10.1. The minimum atomic E-state index is -0.597. The van der Waals surface area contributed by atoms with E-state index in [9.17, 15) is 4.79 Å². The number of nitrogens with zero attached hydrogens (tertiary/aromatic N) is 6. The minimum absolute atomic E-state index is 0.00195. The summed E-state index contributed by atoms with van der Waals surface area (Å²) in [6.07, 6.45) is 1.47. The average Bonchev–Trinajstić information content (AvgIpc) is 3.58. The molecule has 0 unspecified atom stereocenters. The second kappa shape index (κ2) is 11.8. The van der Waals surface area contributed by atoms with Crippen LogP contribution in [0, 0.1) is 6.92 Å². The Labute approximate surface area is 236 Å². The molecule has 0 bridgehead atoms. The van der Waals surface area contributed by atoms with Crippen LogP contribution in [0.5, 0.6) is 11.5 Å². The number of halogens is 1. The minimum Gasteiger partial charge on any atom is -0.493 e. The lowest BCUT2D eigenvalue weighted by Crippen LogP contribution is -2.19. The number of rotatable bonds is 9. The van der Waals surface area contributed by atoms with Crippen LogP contribution in [0.3, 0.4) is 0 Å². The highest BCUT2D eigenvalue weighted by Crippen LogP contribution is 2.37. The molecule has 0 aliphatic rings. The van der Waals surface area contributed by atoms with Gasteiger partial charge in [0.25, 0.3) is 5.91 Å². The van der Waals surface area contributed by atoms with E-state index < -0.39 is 5.91 Å². The van der Waals surface area contributed by atoms with Crippen LogP contribution in [0.15, 0.2) is 80.9 Å². The summed E-state index contributed by atoms with van der Waals surface area (Å²) < 4.78 is 18.2. The van der Waals surface area contributed by atoms with Crippen LogP contribution in [-0.2, 0) is 6.61 Å². The molecule has 3 aromatic carbocycles. The number of ether oxygens (including phenoxy) is 2. The van der Waals surface area contributed by atoms with Gasteiger partial charge in [0.15, 0.2) is 17.2 Å². The van der Waals surface area contributed by atoms with Crippen molar-refractivity contribution in [2.45, 2.75) is 13.5 Å². The molecule has 202 valence electrons. The SMILES string of the molecule is COc1cc(C=NNC(=O)c2nnn(-c3nonc3N)c2-c2ccccc2)cc(Br)c1OCc1cccc(C)c1. The molecule has 1 amide bonds. The van der Waals surface area contributed by atoms with Crippen molar-refractivity contribution in [1.82, 2.24) is 30.7 Å². The molecule has 0 saturated carbocycles. The summed E-state index contributed by atoms with van der Waals surface area (Å²) in [5.41, 5.74) is 12.2. The predicted molar refractivity (Wildman–Crippen MR) is 150 cm³/mol. The number of anilines is 1. The van der Waals surface area contributed by atoms with Crippen molar-refractivity contribution in [3.8, 4) is 28.6 Å². The van der Waals surface area contributed by atoms with Gasteiger partial charge in [-0.1, -0.05) is 65.4 Å². The maximum atomic E-state index is 13.1. The molecule has 12 nitrogen and oxygen atoms in total. The fourth-order valence-corrected chi connectivity index (χ4v) is 4.48. The normalized spacial score (nSPS) is 11.1. The Bertz CT molecular complexity index is 1680. The van der Waals surface area contributed by atoms with Crippen LogP contribution in [0.25, 0.3) is 17.1 Å². The number of nitrogens with two attached hydrogens (primary N) is 1. The molecule has 3 N–H and O–H groups in total. The molecule has 0 spiro atoms. The van der Waals surface area contributed by atoms with E-state index in [1.54, 1.807) is 31.4 Å². The molecule has 0 fully saturated rings. The Morgan fingerprint density at radius 2 is 1.98 bits per heavy atom. The van der Waals surface area contributed by atoms with E-state index in [0.717, 1.165) is 11.1 Å². The van der Waals surface area contributed by atoms with Crippen molar-refractivity contribution >= 4 is 33.9 Å². The topological polar surface area (TPSA) is 156 Å². The molecule has 0 aliphatic heterocycles. The van der Waals surface area contributed by atoms with Crippen LogP contribution in [-0.4, -0.2) is 44.5 Å². The van der Waals surface area contributed by atoms with Gasteiger partial charge in [0.2, 0.25) is 11.6 Å². The summed E-state index contributed by atoms with van der Waals surface area (Å²) in [4.78, 5) is 13.1. The first-order valence-electron chi connectivity index (χ1n) is 11.9. The Kier molecular flexibility index (Phi) is 7.82. The number of hydrogen-bond acceptors (Lipinski definition) is 10. The highest BCUT2D eigenvalue weighted by molar-refractivity contribution is 9.10. The highest BCUT2D eigenvalue weighted by atomic mass is 79.9. The Morgan fingerprint density at radius 1 is 1.15 bits per heavy atom. The van der Waals surface area contributed by atoms with Crippen LogP contribution < -0.4 is 20.6 Å². The van der Waals surface area contributed by atoms with Crippen molar-refractivity contribution < 1.29 is 18.9 Å². The van der Waals surface area contributed by atoms with Gasteiger partial charge in [0.1, 0.15) is 12.3 Å². The predicted octanol–water partition coefficient (Wildman–Crippen LogP) is 4.32. The molecule has 13 heteroatoms. The first-order valence-corrected chi connectivity index (χ1v) is 12.7. The quantitative estimate of drug-likeness (QED) is 0.185. The Morgan fingerprint density at radius 3 is 2.70 bits per heavy atom. The third-order valence-electron chi connectivity index (χ3n) is 5.73. The molecule has 5 aromatic rings. The van der Waals surface area contributed by atoms with Crippen molar-refractivity contribution in [2.24, 2.45) is 5.10 Å². The summed E-state index contributed by atoms with van der Waals surface area (Å²) in [5, 5.41) is 19.5. The van der Waals surface area contributed by atoms with E-state index in [4.69, 9.17) is 19.8 Å². The van der Waals surface area contributed by atoms with Crippen molar-refractivity contribution in [3.63, 3.8) is 0 Å². The third kappa shape index (κ3) is 5.68. The smallest absolute Gasteiger partial charge is 0.294 e. The standard InChI is InChI=1S/C27H23BrN8O4/c1-16-7-6-8-17(11-16)15-39-24-20(28)12-18(13-21(24)38-2)14-30-32-27(37)22-23(19-9-4-3-5-10-19)36(35-31-22)26-25(29)33-40-34-26/h3-14H,15H2,1-2H3,(H2,29,33)(H,32,37). The monoisotopic (exact) mass is 602 g/mol. The lowest BCUT2D eigenvalue weighted by Gasteiger charge is -2.14. The zero-order valence-corrected chi connectivity index (χ0v) is 23.0. The van der Waals surface area contributed by atoms with Gasteiger partial charge in [-0.3, -0.25) is 4.79 Å². The van der Waals surface area contributed by atoms with Crippen LogP contribution in [0.1, 0.15) is 27.2 Å². The molecule has 0 aliphatic carbocycles.